The van der Waals surface area contributed by atoms with Crippen LogP contribution in [0.1, 0.15) is 24.2 Å². The number of carbonyl (C=O) groups is 1. The number of halogens is 2. The monoisotopic (exact) mass is 255 g/mol. The Balaban J connectivity index is 2.99. The fraction of sp³-hybridized carbons (Fsp3) is 0.250. The summed E-state index contributed by atoms with van der Waals surface area (Å²) in [5.41, 5.74) is -0.402. The minimum absolute atomic E-state index is 0.231. The zero-order valence-electron chi connectivity index (χ0n) is 8.97. The molecule has 0 heterocycles. The minimum atomic E-state index is -0.720. The van der Waals surface area contributed by atoms with E-state index in [0.29, 0.717) is 10.6 Å². The van der Waals surface area contributed by atoms with Crippen LogP contribution in [0.15, 0.2) is 18.2 Å². The predicted molar refractivity (Wildman–Crippen MR) is 66.8 cm³/mol. The molecule has 0 spiro atoms. The molecular weight excluding hydrogens is 245 g/mol. The third-order valence-electron chi connectivity index (χ3n) is 1.98. The quantitative estimate of drug-likeness (QED) is 0.809. The molecule has 16 heavy (non-hydrogen) atoms. The summed E-state index contributed by atoms with van der Waals surface area (Å²) in [6.07, 6.45) is 5.28. The summed E-state index contributed by atoms with van der Waals surface area (Å²) in [5, 5.41) is 3.24. The van der Waals surface area contributed by atoms with Crippen LogP contribution in [0.4, 0.5) is 0 Å². The number of amides is 1. The highest BCUT2D eigenvalue weighted by Crippen LogP contribution is 2.25. The van der Waals surface area contributed by atoms with Gasteiger partial charge >= 0.3 is 0 Å². The fourth-order valence-corrected chi connectivity index (χ4v) is 1.45. The predicted octanol–water partition coefficient (Wildman–Crippen LogP) is 3.14. The van der Waals surface area contributed by atoms with Crippen molar-refractivity contribution in [2.24, 2.45) is 0 Å². The van der Waals surface area contributed by atoms with Crippen molar-refractivity contribution in [1.29, 1.82) is 0 Å². The van der Waals surface area contributed by atoms with Gasteiger partial charge in [-0.25, -0.2) is 0 Å². The summed E-state index contributed by atoms with van der Waals surface area (Å²) in [6, 6.07) is 4.87. The Labute approximate surface area is 105 Å². The molecule has 1 amide bonds. The van der Waals surface area contributed by atoms with Gasteiger partial charge in [0.25, 0.3) is 5.91 Å². The Morgan fingerprint density at radius 1 is 1.44 bits per heavy atom. The van der Waals surface area contributed by atoms with E-state index in [9.17, 15) is 4.79 Å². The van der Waals surface area contributed by atoms with Crippen molar-refractivity contribution in [1.82, 2.24) is 5.32 Å². The van der Waals surface area contributed by atoms with Crippen molar-refractivity contribution in [2.75, 3.05) is 0 Å². The zero-order valence-corrected chi connectivity index (χ0v) is 10.5. The van der Waals surface area contributed by atoms with Gasteiger partial charge in [-0.3, -0.25) is 4.79 Å². The Bertz CT molecular complexity index is 461. The largest absolute Gasteiger partial charge is 0.336 e. The van der Waals surface area contributed by atoms with Gasteiger partial charge in [0.05, 0.1) is 21.1 Å². The molecule has 4 heteroatoms. The van der Waals surface area contributed by atoms with E-state index in [2.05, 4.69) is 11.2 Å². The van der Waals surface area contributed by atoms with E-state index in [1.54, 1.807) is 32.0 Å². The molecule has 1 N–H and O–H groups in total. The molecule has 0 radical (unpaired) electrons. The minimum Gasteiger partial charge on any atom is -0.336 e. The van der Waals surface area contributed by atoms with E-state index in [1.807, 2.05) is 0 Å². The van der Waals surface area contributed by atoms with Gasteiger partial charge in [0.15, 0.2) is 0 Å². The van der Waals surface area contributed by atoms with Gasteiger partial charge in [0.1, 0.15) is 0 Å². The molecule has 1 aromatic rings. The summed E-state index contributed by atoms with van der Waals surface area (Å²) in [4.78, 5) is 11.8. The Morgan fingerprint density at radius 2 is 2.06 bits per heavy atom. The maximum atomic E-state index is 11.8. The fourth-order valence-electron chi connectivity index (χ4n) is 1.07. The molecule has 1 rings (SSSR count). The van der Waals surface area contributed by atoms with Crippen LogP contribution < -0.4 is 5.32 Å². The summed E-state index contributed by atoms with van der Waals surface area (Å²) in [7, 11) is 0. The smallest absolute Gasteiger partial charge is 0.254 e. The number of terminal acetylenes is 1. The standard InChI is InChI=1S/C12H11Cl2NO/c1-4-12(2,3)15-11(16)8-6-5-7-9(13)10(8)14/h1,5-7H,2-3H3,(H,15,16). The number of benzene rings is 1. The van der Waals surface area contributed by atoms with Crippen LogP contribution >= 0.6 is 23.2 Å². The van der Waals surface area contributed by atoms with E-state index < -0.39 is 5.54 Å². The Kier molecular flexibility index (Phi) is 3.85. The number of hydrogen-bond donors (Lipinski definition) is 1. The molecule has 1 aromatic carbocycles. The molecule has 0 unspecified atom stereocenters. The lowest BCUT2D eigenvalue weighted by Crippen LogP contribution is -2.42. The number of carbonyl (C=O) groups excluding carboxylic acids is 1. The third-order valence-corrected chi connectivity index (χ3v) is 2.80. The van der Waals surface area contributed by atoms with Gasteiger partial charge in [0.2, 0.25) is 0 Å². The molecule has 0 saturated heterocycles. The lowest BCUT2D eigenvalue weighted by Gasteiger charge is -2.20. The maximum Gasteiger partial charge on any atom is 0.254 e. The van der Waals surface area contributed by atoms with Crippen molar-refractivity contribution in [3.05, 3.63) is 33.8 Å². The average molecular weight is 256 g/mol. The first kappa shape index (κ1) is 12.9. The maximum absolute atomic E-state index is 11.8. The van der Waals surface area contributed by atoms with Crippen LogP contribution in [0.2, 0.25) is 10.0 Å². The van der Waals surface area contributed by atoms with Gasteiger partial charge in [-0.1, -0.05) is 35.2 Å². The lowest BCUT2D eigenvalue weighted by atomic mass is 10.1. The van der Waals surface area contributed by atoms with Gasteiger partial charge in [-0.15, -0.1) is 6.42 Å². The molecule has 0 bridgehead atoms. The van der Waals surface area contributed by atoms with Crippen LogP contribution in [-0.4, -0.2) is 11.4 Å². The summed E-state index contributed by atoms with van der Waals surface area (Å²) >= 11 is 11.7. The first-order valence-electron chi connectivity index (χ1n) is 4.61. The van der Waals surface area contributed by atoms with Gasteiger partial charge in [0, 0.05) is 0 Å². The third kappa shape index (κ3) is 2.91. The average Bonchev–Trinajstić information content (AvgIpc) is 2.21. The van der Waals surface area contributed by atoms with Gasteiger partial charge in [-0.2, -0.15) is 0 Å². The Hall–Kier alpha value is -1.17. The van der Waals surface area contributed by atoms with Crippen molar-refractivity contribution in [3.63, 3.8) is 0 Å². The van der Waals surface area contributed by atoms with E-state index >= 15 is 0 Å². The molecule has 0 fully saturated rings. The van der Waals surface area contributed by atoms with Crippen LogP contribution in [0.25, 0.3) is 0 Å². The molecule has 0 aliphatic rings. The highest BCUT2D eigenvalue weighted by atomic mass is 35.5. The van der Waals surface area contributed by atoms with Crippen molar-refractivity contribution < 1.29 is 4.79 Å². The summed E-state index contributed by atoms with van der Waals surface area (Å²) in [5.74, 6) is 2.13. The molecular formula is C12H11Cl2NO. The van der Waals surface area contributed by atoms with Crippen LogP contribution in [0.5, 0.6) is 0 Å². The van der Waals surface area contributed by atoms with E-state index in [0.717, 1.165) is 0 Å². The van der Waals surface area contributed by atoms with Crippen molar-refractivity contribution >= 4 is 29.1 Å². The number of hydrogen-bond acceptors (Lipinski definition) is 1. The second kappa shape index (κ2) is 4.78. The molecule has 0 aromatic heterocycles. The number of nitrogens with one attached hydrogen (secondary N) is 1. The first-order chi connectivity index (χ1) is 7.37. The lowest BCUT2D eigenvalue weighted by molar-refractivity contribution is 0.0930. The van der Waals surface area contributed by atoms with E-state index in [4.69, 9.17) is 29.6 Å². The summed E-state index contributed by atoms with van der Waals surface area (Å²) < 4.78 is 0. The molecule has 0 aliphatic carbocycles. The highest BCUT2D eigenvalue weighted by Gasteiger charge is 2.20. The van der Waals surface area contributed by atoms with Crippen LogP contribution in [0.3, 0.4) is 0 Å². The SMILES string of the molecule is C#CC(C)(C)NC(=O)c1cccc(Cl)c1Cl. The van der Waals surface area contributed by atoms with E-state index in [1.165, 1.54) is 0 Å². The molecule has 0 aliphatic heterocycles. The van der Waals surface area contributed by atoms with Crippen LogP contribution in [0, 0.1) is 12.3 Å². The summed E-state index contributed by atoms with van der Waals surface area (Å²) in [6.45, 7) is 3.45. The molecule has 84 valence electrons. The zero-order chi connectivity index (χ0) is 12.3. The van der Waals surface area contributed by atoms with Gasteiger partial charge in [-0.05, 0) is 26.0 Å². The van der Waals surface area contributed by atoms with Crippen LogP contribution in [-0.2, 0) is 0 Å². The molecule has 0 saturated carbocycles. The van der Waals surface area contributed by atoms with Crippen molar-refractivity contribution in [3.8, 4) is 12.3 Å². The molecule has 2 nitrogen and oxygen atoms in total. The van der Waals surface area contributed by atoms with E-state index in [-0.39, 0.29) is 10.9 Å². The second-order valence-corrected chi connectivity index (χ2v) is 4.61. The second-order valence-electron chi connectivity index (χ2n) is 3.82. The Morgan fingerprint density at radius 3 is 2.62 bits per heavy atom. The topological polar surface area (TPSA) is 29.1 Å². The highest BCUT2D eigenvalue weighted by molar-refractivity contribution is 6.43. The molecule has 0 atom stereocenters. The first-order valence-corrected chi connectivity index (χ1v) is 5.37. The van der Waals surface area contributed by atoms with Crippen molar-refractivity contribution in [2.45, 2.75) is 19.4 Å². The normalized spacial score (nSPS) is 10.7. The number of rotatable bonds is 2. The van der Waals surface area contributed by atoms with Gasteiger partial charge < -0.3 is 5.32 Å².